The Morgan fingerprint density at radius 3 is 2.32 bits per heavy atom. The topological polar surface area (TPSA) is 9.23 Å². The van der Waals surface area contributed by atoms with E-state index in [2.05, 4.69) is 0 Å². The van der Waals surface area contributed by atoms with E-state index in [1.807, 2.05) is 60.7 Å². The molecule has 2 aromatic carbocycles. The van der Waals surface area contributed by atoms with Gasteiger partial charge in [-0.15, -0.1) is 0 Å². The van der Waals surface area contributed by atoms with E-state index in [4.69, 9.17) is 4.74 Å². The van der Waals surface area contributed by atoms with Crippen LogP contribution in [0.3, 0.4) is 0 Å². The first-order valence-corrected chi connectivity index (χ1v) is 6.63. The predicted molar refractivity (Wildman–Crippen MR) is 73.7 cm³/mol. The van der Waals surface area contributed by atoms with Crippen molar-refractivity contribution in [3.8, 4) is 0 Å². The van der Waals surface area contributed by atoms with Crippen molar-refractivity contribution in [1.29, 1.82) is 0 Å². The van der Waals surface area contributed by atoms with Crippen molar-refractivity contribution >= 4 is 0 Å². The van der Waals surface area contributed by atoms with Gasteiger partial charge in [0.2, 0.25) is 0 Å². The summed E-state index contributed by atoms with van der Waals surface area (Å²) < 4.78 is 20.0. The summed E-state index contributed by atoms with van der Waals surface area (Å²) in [5.74, 6) is 0.00414. The molecule has 0 unspecified atom stereocenters. The molecule has 0 aliphatic heterocycles. The van der Waals surface area contributed by atoms with Crippen LogP contribution < -0.4 is 0 Å². The highest BCUT2D eigenvalue weighted by atomic mass is 19.1. The van der Waals surface area contributed by atoms with Crippen LogP contribution in [-0.4, -0.2) is 12.3 Å². The standard InChI is InChI=1S/C17H17FO/c18-17(11-16(17)15-9-5-2-6-10-15)13-19-12-14-7-3-1-4-8-14/h1-10,16H,11-13H2/t16-,17+/m0/s1. The summed E-state index contributed by atoms with van der Waals surface area (Å²) in [5.41, 5.74) is 0.993. The molecule has 3 rings (SSSR count). The Bertz CT molecular complexity index is 525. The van der Waals surface area contributed by atoms with E-state index < -0.39 is 5.67 Å². The van der Waals surface area contributed by atoms with Crippen LogP contribution in [0.25, 0.3) is 0 Å². The number of hydrogen-bond donors (Lipinski definition) is 0. The fraction of sp³-hybridized carbons (Fsp3) is 0.294. The van der Waals surface area contributed by atoms with Gasteiger partial charge in [-0.2, -0.15) is 0 Å². The minimum atomic E-state index is -1.17. The quantitative estimate of drug-likeness (QED) is 0.782. The van der Waals surface area contributed by atoms with E-state index in [1.54, 1.807) is 0 Å². The monoisotopic (exact) mass is 256 g/mol. The smallest absolute Gasteiger partial charge is 0.141 e. The second kappa shape index (κ2) is 5.14. The third-order valence-corrected chi connectivity index (χ3v) is 3.66. The molecule has 2 atom stereocenters. The van der Waals surface area contributed by atoms with Gasteiger partial charge in [0.25, 0.3) is 0 Å². The highest BCUT2D eigenvalue weighted by molar-refractivity contribution is 5.31. The van der Waals surface area contributed by atoms with Crippen LogP contribution in [0.1, 0.15) is 23.5 Å². The van der Waals surface area contributed by atoms with Crippen molar-refractivity contribution in [3.63, 3.8) is 0 Å². The lowest BCUT2D eigenvalue weighted by atomic mass is 10.1. The lowest BCUT2D eigenvalue weighted by Gasteiger charge is -2.09. The Morgan fingerprint density at radius 1 is 1.00 bits per heavy atom. The summed E-state index contributed by atoms with van der Waals surface area (Å²) in [6, 6.07) is 19.7. The molecule has 19 heavy (non-hydrogen) atoms. The molecule has 1 aliphatic carbocycles. The SMILES string of the molecule is F[C@@]1(COCc2ccccc2)C[C@H]1c1ccccc1. The minimum absolute atomic E-state index is 0.00414. The first-order chi connectivity index (χ1) is 9.28. The Morgan fingerprint density at radius 2 is 1.63 bits per heavy atom. The molecule has 0 saturated heterocycles. The Kier molecular flexibility index (Phi) is 3.34. The fourth-order valence-corrected chi connectivity index (χ4v) is 2.45. The van der Waals surface area contributed by atoms with Crippen LogP contribution in [0.15, 0.2) is 60.7 Å². The normalized spacial score (nSPS) is 25.2. The second-order valence-electron chi connectivity index (χ2n) is 5.18. The van der Waals surface area contributed by atoms with Gasteiger partial charge in [-0.1, -0.05) is 60.7 Å². The first kappa shape index (κ1) is 12.4. The zero-order valence-electron chi connectivity index (χ0n) is 10.8. The van der Waals surface area contributed by atoms with Crippen LogP contribution in [0, 0.1) is 0 Å². The molecule has 1 fully saturated rings. The van der Waals surface area contributed by atoms with E-state index in [0.717, 1.165) is 11.1 Å². The molecule has 2 aromatic rings. The molecular weight excluding hydrogens is 239 g/mol. The first-order valence-electron chi connectivity index (χ1n) is 6.63. The summed E-state index contributed by atoms with van der Waals surface area (Å²) in [7, 11) is 0. The van der Waals surface area contributed by atoms with Crippen molar-refractivity contribution in [3.05, 3.63) is 71.8 Å². The number of halogens is 1. The van der Waals surface area contributed by atoms with Crippen molar-refractivity contribution < 1.29 is 9.13 Å². The molecule has 0 heterocycles. The molecule has 1 saturated carbocycles. The maximum absolute atomic E-state index is 14.4. The number of alkyl halides is 1. The number of ether oxygens (including phenoxy) is 1. The van der Waals surface area contributed by atoms with E-state index >= 15 is 0 Å². The average molecular weight is 256 g/mol. The van der Waals surface area contributed by atoms with E-state index in [0.29, 0.717) is 13.0 Å². The molecule has 1 aliphatic rings. The lowest BCUT2D eigenvalue weighted by Crippen LogP contribution is -2.13. The highest BCUT2D eigenvalue weighted by Crippen LogP contribution is 2.54. The maximum atomic E-state index is 14.4. The van der Waals surface area contributed by atoms with Crippen molar-refractivity contribution in [2.75, 3.05) is 6.61 Å². The number of benzene rings is 2. The molecule has 0 spiro atoms. The van der Waals surface area contributed by atoms with Crippen LogP contribution in [-0.2, 0) is 11.3 Å². The summed E-state index contributed by atoms with van der Waals surface area (Å²) in [6.07, 6.45) is 0.575. The average Bonchev–Trinajstić information content (AvgIpc) is 3.13. The molecular formula is C17H17FO. The maximum Gasteiger partial charge on any atom is 0.141 e. The lowest BCUT2D eigenvalue weighted by molar-refractivity contribution is 0.0561. The summed E-state index contributed by atoms with van der Waals surface area (Å²) in [4.78, 5) is 0. The van der Waals surface area contributed by atoms with Gasteiger partial charge in [-0.25, -0.2) is 4.39 Å². The predicted octanol–water partition coefficient (Wildman–Crippen LogP) is 4.10. The van der Waals surface area contributed by atoms with Gasteiger partial charge >= 0.3 is 0 Å². The molecule has 0 radical (unpaired) electrons. The van der Waals surface area contributed by atoms with Crippen molar-refractivity contribution in [2.24, 2.45) is 0 Å². The van der Waals surface area contributed by atoms with Crippen LogP contribution in [0.4, 0.5) is 4.39 Å². The zero-order chi connectivity index (χ0) is 13.1. The van der Waals surface area contributed by atoms with Gasteiger partial charge in [0.1, 0.15) is 5.67 Å². The molecule has 0 bridgehead atoms. The molecule has 2 heteroatoms. The Labute approximate surface area is 113 Å². The zero-order valence-corrected chi connectivity index (χ0v) is 10.8. The van der Waals surface area contributed by atoms with Crippen LogP contribution in [0.5, 0.6) is 0 Å². The summed E-state index contributed by atoms with van der Waals surface area (Å²) >= 11 is 0. The Balaban J connectivity index is 1.52. The van der Waals surface area contributed by atoms with Crippen LogP contribution >= 0.6 is 0 Å². The van der Waals surface area contributed by atoms with Crippen molar-refractivity contribution in [2.45, 2.75) is 24.6 Å². The van der Waals surface area contributed by atoms with Gasteiger partial charge in [0, 0.05) is 5.92 Å². The highest BCUT2D eigenvalue weighted by Gasteiger charge is 2.56. The third-order valence-electron chi connectivity index (χ3n) is 3.66. The van der Waals surface area contributed by atoms with Gasteiger partial charge in [-0.3, -0.25) is 0 Å². The van der Waals surface area contributed by atoms with E-state index in [1.165, 1.54) is 0 Å². The van der Waals surface area contributed by atoms with E-state index in [9.17, 15) is 4.39 Å². The molecule has 0 N–H and O–H groups in total. The molecule has 0 aromatic heterocycles. The summed E-state index contributed by atoms with van der Waals surface area (Å²) in [5, 5.41) is 0. The number of rotatable bonds is 5. The third kappa shape index (κ3) is 2.85. The molecule has 98 valence electrons. The number of hydrogen-bond acceptors (Lipinski definition) is 1. The largest absolute Gasteiger partial charge is 0.373 e. The second-order valence-corrected chi connectivity index (χ2v) is 5.18. The fourth-order valence-electron chi connectivity index (χ4n) is 2.45. The van der Waals surface area contributed by atoms with Gasteiger partial charge in [-0.05, 0) is 17.5 Å². The summed E-state index contributed by atoms with van der Waals surface area (Å²) in [6.45, 7) is 0.662. The van der Waals surface area contributed by atoms with Gasteiger partial charge < -0.3 is 4.74 Å². The van der Waals surface area contributed by atoms with Crippen LogP contribution in [0.2, 0.25) is 0 Å². The molecule has 1 nitrogen and oxygen atoms in total. The molecule has 0 amide bonds. The van der Waals surface area contributed by atoms with E-state index in [-0.39, 0.29) is 12.5 Å². The van der Waals surface area contributed by atoms with Gasteiger partial charge in [0.05, 0.1) is 13.2 Å². The van der Waals surface area contributed by atoms with Crippen molar-refractivity contribution in [1.82, 2.24) is 0 Å². The Hall–Kier alpha value is -1.67. The minimum Gasteiger partial charge on any atom is -0.373 e. The van der Waals surface area contributed by atoms with Gasteiger partial charge in [0.15, 0.2) is 0 Å².